The first-order valence-corrected chi connectivity index (χ1v) is 7.01. The van der Waals surface area contributed by atoms with Crippen LogP contribution in [0.1, 0.15) is 13.3 Å². The summed E-state index contributed by atoms with van der Waals surface area (Å²) >= 11 is 11.6. The van der Waals surface area contributed by atoms with Crippen LogP contribution < -0.4 is 11.1 Å². The second-order valence-corrected chi connectivity index (χ2v) is 5.63. The number of nitrogens with two attached hydrogens (primary N) is 1. The van der Waals surface area contributed by atoms with Gasteiger partial charge in [-0.25, -0.2) is 0 Å². The molecule has 0 saturated carbocycles. The van der Waals surface area contributed by atoms with Crippen molar-refractivity contribution in [3.05, 3.63) is 27.1 Å². The lowest BCUT2D eigenvalue weighted by atomic mass is 10.1. The van der Waals surface area contributed by atoms with Crippen LogP contribution >= 0.6 is 44.1 Å². The Labute approximate surface area is 122 Å². The fraction of sp³-hybridized carbons (Fsp3) is 0.273. The molecule has 0 aliphatic rings. The molecule has 1 aromatic carbocycles. The van der Waals surface area contributed by atoms with Crippen molar-refractivity contribution in [1.29, 1.82) is 0 Å². The Kier molecular flexibility index (Phi) is 5.55. The van der Waals surface area contributed by atoms with Gasteiger partial charge in [0, 0.05) is 8.95 Å². The van der Waals surface area contributed by atoms with E-state index in [4.69, 9.17) is 18.0 Å². The van der Waals surface area contributed by atoms with E-state index in [2.05, 4.69) is 37.2 Å². The minimum atomic E-state index is -0.441. The van der Waals surface area contributed by atoms with E-state index in [1.807, 2.05) is 25.1 Å². The Hall–Kier alpha value is -0.460. The number of thiocarbonyl (C=S) groups is 1. The van der Waals surface area contributed by atoms with E-state index in [9.17, 15) is 4.79 Å². The second-order valence-electron chi connectivity index (χ2n) is 3.45. The summed E-state index contributed by atoms with van der Waals surface area (Å²) in [5.74, 6) is -0.628. The summed E-state index contributed by atoms with van der Waals surface area (Å²) in [5.41, 5.74) is 6.21. The summed E-state index contributed by atoms with van der Waals surface area (Å²) in [6.45, 7) is 1.87. The van der Waals surface area contributed by atoms with Crippen molar-refractivity contribution in [2.24, 2.45) is 11.7 Å². The van der Waals surface area contributed by atoms with Gasteiger partial charge >= 0.3 is 0 Å². The number of carbonyl (C=O) groups is 1. The molecule has 0 aliphatic carbocycles. The monoisotopic (exact) mass is 378 g/mol. The highest BCUT2D eigenvalue weighted by Crippen LogP contribution is 2.31. The van der Waals surface area contributed by atoms with E-state index in [1.54, 1.807) is 0 Å². The fourth-order valence-electron chi connectivity index (χ4n) is 1.34. The Morgan fingerprint density at radius 3 is 2.41 bits per heavy atom. The van der Waals surface area contributed by atoms with E-state index in [1.165, 1.54) is 0 Å². The molecule has 0 radical (unpaired) electrons. The van der Waals surface area contributed by atoms with Crippen LogP contribution in [0.25, 0.3) is 0 Å². The van der Waals surface area contributed by atoms with Gasteiger partial charge in [0.1, 0.15) is 0 Å². The highest BCUT2D eigenvalue weighted by molar-refractivity contribution is 9.11. The van der Waals surface area contributed by atoms with E-state index < -0.39 is 5.92 Å². The minimum absolute atomic E-state index is 0.187. The molecule has 0 aliphatic heterocycles. The van der Waals surface area contributed by atoms with E-state index in [0.717, 1.165) is 8.95 Å². The van der Waals surface area contributed by atoms with Crippen molar-refractivity contribution in [3.63, 3.8) is 0 Å². The number of nitrogens with one attached hydrogen (secondary N) is 1. The van der Waals surface area contributed by atoms with Crippen molar-refractivity contribution in [3.8, 4) is 0 Å². The van der Waals surface area contributed by atoms with Crippen LogP contribution in [-0.2, 0) is 4.79 Å². The number of halogens is 2. The van der Waals surface area contributed by atoms with Gasteiger partial charge in [-0.3, -0.25) is 4.79 Å². The van der Waals surface area contributed by atoms with Crippen molar-refractivity contribution < 1.29 is 4.79 Å². The molecule has 1 aromatic rings. The summed E-state index contributed by atoms with van der Waals surface area (Å²) in [6.07, 6.45) is 0.587. The minimum Gasteiger partial charge on any atom is -0.393 e. The average Bonchev–Trinajstić information content (AvgIpc) is 2.24. The zero-order valence-corrected chi connectivity index (χ0v) is 13.2. The summed E-state index contributed by atoms with van der Waals surface area (Å²) in [6, 6.07) is 5.57. The predicted molar refractivity (Wildman–Crippen MR) is 81.0 cm³/mol. The maximum Gasteiger partial charge on any atom is 0.234 e. The maximum absolute atomic E-state index is 12.0. The lowest BCUT2D eigenvalue weighted by Gasteiger charge is -2.15. The molecule has 6 heteroatoms. The van der Waals surface area contributed by atoms with Gasteiger partial charge in [-0.05, 0) is 50.4 Å². The van der Waals surface area contributed by atoms with E-state index >= 15 is 0 Å². The van der Waals surface area contributed by atoms with Crippen molar-refractivity contribution >= 4 is 60.7 Å². The number of para-hydroxylation sites is 1. The smallest absolute Gasteiger partial charge is 0.234 e. The highest BCUT2D eigenvalue weighted by Gasteiger charge is 2.20. The van der Waals surface area contributed by atoms with E-state index in [-0.39, 0.29) is 10.9 Å². The Balaban J connectivity index is 2.91. The van der Waals surface area contributed by atoms with Gasteiger partial charge in [0.2, 0.25) is 5.91 Å². The number of anilines is 1. The average molecular weight is 380 g/mol. The lowest BCUT2D eigenvalue weighted by molar-refractivity contribution is -0.118. The third kappa shape index (κ3) is 3.76. The van der Waals surface area contributed by atoms with Crippen LogP contribution in [0.15, 0.2) is 27.1 Å². The number of hydrogen-bond donors (Lipinski definition) is 2. The molecule has 0 bridgehead atoms. The zero-order chi connectivity index (χ0) is 13.0. The Bertz CT molecular complexity index is 431. The van der Waals surface area contributed by atoms with Gasteiger partial charge in [0.05, 0.1) is 16.6 Å². The summed E-state index contributed by atoms with van der Waals surface area (Å²) in [7, 11) is 0. The van der Waals surface area contributed by atoms with Crippen molar-refractivity contribution in [1.82, 2.24) is 0 Å². The van der Waals surface area contributed by atoms with Gasteiger partial charge in [0.25, 0.3) is 0 Å². The number of benzene rings is 1. The molecule has 0 spiro atoms. The predicted octanol–water partition coefficient (Wildman–Crippen LogP) is 3.46. The van der Waals surface area contributed by atoms with Crippen LogP contribution in [0.2, 0.25) is 0 Å². The molecule has 1 unspecified atom stereocenters. The molecule has 0 fully saturated rings. The standard InChI is InChI=1S/C11H12Br2N2OS/c1-2-6(10(14)17)11(16)15-9-7(12)4-3-5-8(9)13/h3-6H,2H2,1H3,(H2,14,17)(H,15,16). The molecule has 3 N–H and O–H groups in total. The SMILES string of the molecule is CCC(C(=O)Nc1c(Br)cccc1Br)C(N)=S. The lowest BCUT2D eigenvalue weighted by Crippen LogP contribution is -2.32. The molecule has 1 rings (SSSR count). The summed E-state index contributed by atoms with van der Waals surface area (Å²) in [4.78, 5) is 12.2. The second kappa shape index (κ2) is 6.47. The molecule has 0 heterocycles. The van der Waals surface area contributed by atoms with Gasteiger partial charge in [0.15, 0.2) is 0 Å². The topological polar surface area (TPSA) is 55.1 Å². The maximum atomic E-state index is 12.0. The van der Waals surface area contributed by atoms with Gasteiger partial charge < -0.3 is 11.1 Å². The van der Waals surface area contributed by atoms with Gasteiger partial charge in [-0.1, -0.05) is 25.2 Å². The normalized spacial score (nSPS) is 11.9. The molecule has 1 amide bonds. The van der Waals surface area contributed by atoms with Crippen LogP contribution in [0.4, 0.5) is 5.69 Å². The first-order valence-electron chi connectivity index (χ1n) is 5.01. The quantitative estimate of drug-likeness (QED) is 0.787. The van der Waals surface area contributed by atoms with Gasteiger partial charge in [-0.2, -0.15) is 0 Å². The van der Waals surface area contributed by atoms with Crippen molar-refractivity contribution in [2.75, 3.05) is 5.32 Å². The Morgan fingerprint density at radius 1 is 1.47 bits per heavy atom. The molecule has 92 valence electrons. The molecular weight excluding hydrogens is 368 g/mol. The molecule has 3 nitrogen and oxygen atoms in total. The molecule has 17 heavy (non-hydrogen) atoms. The van der Waals surface area contributed by atoms with Crippen LogP contribution in [0, 0.1) is 5.92 Å². The summed E-state index contributed by atoms with van der Waals surface area (Å²) in [5, 5.41) is 2.81. The number of rotatable bonds is 4. The fourth-order valence-corrected chi connectivity index (χ4v) is 2.81. The number of hydrogen-bond acceptors (Lipinski definition) is 2. The summed E-state index contributed by atoms with van der Waals surface area (Å²) < 4.78 is 1.61. The number of carbonyl (C=O) groups excluding carboxylic acids is 1. The van der Waals surface area contributed by atoms with Crippen LogP contribution in [-0.4, -0.2) is 10.9 Å². The van der Waals surface area contributed by atoms with E-state index in [0.29, 0.717) is 12.1 Å². The Morgan fingerprint density at radius 2 is 2.00 bits per heavy atom. The number of amides is 1. The van der Waals surface area contributed by atoms with Crippen LogP contribution in [0.3, 0.4) is 0 Å². The van der Waals surface area contributed by atoms with Crippen LogP contribution in [0.5, 0.6) is 0 Å². The van der Waals surface area contributed by atoms with Gasteiger partial charge in [-0.15, -0.1) is 0 Å². The molecule has 0 aromatic heterocycles. The molecule has 1 atom stereocenters. The molecule has 0 saturated heterocycles. The zero-order valence-electron chi connectivity index (χ0n) is 9.17. The molecular formula is C11H12Br2N2OS. The first kappa shape index (κ1) is 14.6. The largest absolute Gasteiger partial charge is 0.393 e. The third-order valence-corrected chi connectivity index (χ3v) is 3.89. The van der Waals surface area contributed by atoms with Crippen molar-refractivity contribution in [2.45, 2.75) is 13.3 Å². The third-order valence-electron chi connectivity index (χ3n) is 2.28. The highest BCUT2D eigenvalue weighted by atomic mass is 79.9. The first-order chi connectivity index (χ1) is 7.97.